The molecule has 0 bridgehead atoms. The van der Waals surface area contributed by atoms with Crippen molar-refractivity contribution < 1.29 is 61.1 Å². The molecule has 0 aliphatic rings. The van der Waals surface area contributed by atoms with Gasteiger partial charge in [0.2, 0.25) is 5.60 Å². The molecule has 16 heteroatoms. The molecule has 0 aromatic carbocycles. The second-order valence-corrected chi connectivity index (χ2v) is 7.01. The summed E-state index contributed by atoms with van der Waals surface area (Å²) in [6.45, 7) is -1.81. The Balaban J connectivity index is 5.61. The number of esters is 1. The highest BCUT2D eigenvalue weighted by Crippen LogP contribution is 2.31. The van der Waals surface area contributed by atoms with Gasteiger partial charge in [0.15, 0.2) is 0 Å². The van der Waals surface area contributed by atoms with Crippen molar-refractivity contribution in [1.82, 2.24) is 0 Å². The van der Waals surface area contributed by atoms with Gasteiger partial charge in [-0.25, -0.2) is 8.98 Å². The molecule has 0 aliphatic heterocycles. The van der Waals surface area contributed by atoms with Crippen LogP contribution in [0.5, 0.6) is 0 Å². The number of alkyl halides is 6. The van der Waals surface area contributed by atoms with E-state index in [9.17, 15) is 48.0 Å². The summed E-state index contributed by atoms with van der Waals surface area (Å²) in [4.78, 5) is 11.3. The lowest BCUT2D eigenvalue weighted by molar-refractivity contribution is -0.161. The van der Waals surface area contributed by atoms with Gasteiger partial charge in [-0.15, -0.1) is 0 Å². The molecule has 0 spiro atoms. The molecule has 8 nitrogen and oxygen atoms in total. The van der Waals surface area contributed by atoms with E-state index in [1.165, 1.54) is 0 Å². The third-order valence-corrected chi connectivity index (χ3v) is 4.12. The van der Waals surface area contributed by atoms with Gasteiger partial charge < -0.3 is 4.74 Å². The summed E-state index contributed by atoms with van der Waals surface area (Å²) >= 11 is 0. The van der Waals surface area contributed by atoms with Crippen LogP contribution in [0, 0.1) is 0 Å². The number of hydrogen-bond acceptors (Lipinski definition) is 8. The van der Waals surface area contributed by atoms with Gasteiger partial charge in [-0.1, -0.05) is 0 Å². The highest BCUT2D eigenvalue weighted by molar-refractivity contribution is 7.88. The maximum atomic E-state index is 12.2. The molecule has 23 heavy (non-hydrogen) atoms. The second kappa shape index (κ2) is 6.40. The van der Waals surface area contributed by atoms with Crippen LogP contribution in [0.4, 0.5) is 26.3 Å². The van der Waals surface area contributed by atoms with Crippen LogP contribution in [0.2, 0.25) is 0 Å². The number of carbonyl (C=O) groups excluding carboxylic acids is 1. The maximum absolute atomic E-state index is 12.2. The Morgan fingerprint density at radius 2 is 1.30 bits per heavy atom. The number of halogens is 6. The van der Waals surface area contributed by atoms with Crippen molar-refractivity contribution in [1.29, 1.82) is 0 Å². The lowest BCUT2D eigenvalue weighted by atomic mass is 10.1. The minimum atomic E-state index is -6.47. The first-order chi connectivity index (χ1) is 9.90. The number of carbonyl (C=O) groups is 1. The Labute approximate surface area is 125 Å². The molecular weight excluding hydrogens is 390 g/mol. The third-order valence-electron chi connectivity index (χ3n) is 1.97. The smallest absolute Gasteiger partial charge is 0.467 e. The summed E-state index contributed by atoms with van der Waals surface area (Å²) in [5.41, 5.74) is -15.3. The van der Waals surface area contributed by atoms with E-state index in [0.29, 0.717) is 7.11 Å². The van der Waals surface area contributed by atoms with Gasteiger partial charge in [0.1, 0.15) is 6.61 Å². The van der Waals surface area contributed by atoms with E-state index >= 15 is 0 Å². The van der Waals surface area contributed by atoms with Crippen molar-refractivity contribution >= 4 is 26.2 Å². The van der Waals surface area contributed by atoms with Crippen LogP contribution in [-0.4, -0.2) is 53.1 Å². The van der Waals surface area contributed by atoms with Crippen LogP contribution >= 0.6 is 0 Å². The Morgan fingerprint density at radius 1 is 0.913 bits per heavy atom. The minimum Gasteiger partial charge on any atom is -0.467 e. The van der Waals surface area contributed by atoms with Gasteiger partial charge in [-0.3, -0.25) is 4.18 Å². The summed E-state index contributed by atoms with van der Waals surface area (Å²) in [7, 11) is -12.3. The number of rotatable bonds is 6. The topological polar surface area (TPSA) is 113 Å². The fraction of sp³-hybridized carbons (Fsp3) is 0.857. The first-order valence-electron chi connectivity index (χ1n) is 4.95. The molecule has 0 saturated carbocycles. The summed E-state index contributed by atoms with van der Waals surface area (Å²) in [5, 5.41) is 0. The standard InChI is InChI=1S/C7H8F6O8S2/c1-5(4(14)19-2,21-23(17,18)7(11,12)13)3-20-22(15,16)6(8,9)10/h3H2,1-2H3. The first kappa shape index (κ1) is 21.9. The predicted molar refractivity (Wildman–Crippen MR) is 57.4 cm³/mol. The number of hydrogen-bond donors (Lipinski definition) is 0. The van der Waals surface area contributed by atoms with E-state index in [4.69, 9.17) is 0 Å². The molecule has 0 N–H and O–H groups in total. The van der Waals surface area contributed by atoms with Crippen molar-refractivity contribution in [3.05, 3.63) is 0 Å². The van der Waals surface area contributed by atoms with Crippen LogP contribution in [0.1, 0.15) is 6.92 Å². The zero-order chi connectivity index (χ0) is 18.9. The molecule has 0 aliphatic carbocycles. The van der Waals surface area contributed by atoms with Crippen molar-refractivity contribution in [2.24, 2.45) is 0 Å². The third kappa shape index (κ3) is 5.18. The van der Waals surface area contributed by atoms with E-state index in [0.717, 1.165) is 0 Å². The Hall–Kier alpha value is -1.13. The highest BCUT2D eigenvalue weighted by atomic mass is 32.2. The molecule has 0 aromatic rings. The van der Waals surface area contributed by atoms with Crippen LogP contribution in [0.25, 0.3) is 0 Å². The summed E-state index contributed by atoms with van der Waals surface area (Å²) in [5.74, 6) is -1.93. The van der Waals surface area contributed by atoms with Gasteiger partial charge in [0, 0.05) is 0 Å². The summed E-state index contributed by atoms with van der Waals surface area (Å²) < 4.78 is 126. The molecule has 0 heterocycles. The molecule has 0 radical (unpaired) electrons. The van der Waals surface area contributed by atoms with E-state index in [-0.39, 0.29) is 6.92 Å². The molecule has 1 unspecified atom stereocenters. The van der Waals surface area contributed by atoms with E-state index < -0.39 is 49.4 Å². The number of ether oxygens (including phenoxy) is 1. The molecule has 0 fully saturated rings. The lowest BCUT2D eigenvalue weighted by Crippen LogP contribution is -2.48. The molecule has 0 amide bonds. The molecular formula is C7H8F6O8S2. The Bertz CT molecular complexity index is 647. The molecule has 138 valence electrons. The number of methoxy groups -OCH3 is 1. The predicted octanol–water partition coefficient (Wildman–Crippen LogP) is 0.651. The minimum absolute atomic E-state index is 0.230. The van der Waals surface area contributed by atoms with Crippen LogP contribution in [-0.2, 0) is 38.1 Å². The molecule has 0 rings (SSSR count). The zero-order valence-electron chi connectivity index (χ0n) is 11.1. The SMILES string of the molecule is COC(=O)C(C)(COS(=O)(=O)C(F)(F)F)OS(=O)(=O)C(F)(F)F. The van der Waals surface area contributed by atoms with Gasteiger partial charge in [0.05, 0.1) is 7.11 Å². The zero-order valence-corrected chi connectivity index (χ0v) is 12.7. The van der Waals surface area contributed by atoms with Crippen LogP contribution in [0.3, 0.4) is 0 Å². The normalized spacial score (nSPS) is 16.7. The Kier molecular flexibility index (Phi) is 6.09. The van der Waals surface area contributed by atoms with E-state index in [1.807, 2.05) is 0 Å². The van der Waals surface area contributed by atoms with E-state index in [2.05, 4.69) is 13.1 Å². The first-order valence-corrected chi connectivity index (χ1v) is 7.77. The maximum Gasteiger partial charge on any atom is 0.523 e. The van der Waals surface area contributed by atoms with Crippen molar-refractivity contribution in [3.63, 3.8) is 0 Å². The summed E-state index contributed by atoms with van der Waals surface area (Å²) in [6, 6.07) is 0. The fourth-order valence-electron chi connectivity index (χ4n) is 0.879. The van der Waals surface area contributed by atoms with Gasteiger partial charge in [-0.05, 0) is 6.92 Å². The highest BCUT2D eigenvalue weighted by Gasteiger charge is 2.55. The monoisotopic (exact) mass is 398 g/mol. The molecule has 0 saturated heterocycles. The van der Waals surface area contributed by atoms with Crippen LogP contribution < -0.4 is 0 Å². The fourth-order valence-corrected chi connectivity index (χ4v) is 2.09. The van der Waals surface area contributed by atoms with E-state index in [1.54, 1.807) is 0 Å². The van der Waals surface area contributed by atoms with Crippen molar-refractivity contribution in [2.45, 2.75) is 23.5 Å². The average Bonchev–Trinajstić information content (AvgIpc) is 2.32. The summed E-state index contributed by atoms with van der Waals surface area (Å²) in [6.07, 6.45) is 0. The average molecular weight is 398 g/mol. The van der Waals surface area contributed by atoms with Gasteiger partial charge in [0.25, 0.3) is 0 Å². The van der Waals surface area contributed by atoms with Crippen LogP contribution in [0.15, 0.2) is 0 Å². The van der Waals surface area contributed by atoms with Gasteiger partial charge >= 0.3 is 37.2 Å². The lowest BCUT2D eigenvalue weighted by Gasteiger charge is -2.26. The van der Waals surface area contributed by atoms with Crippen molar-refractivity contribution in [2.75, 3.05) is 13.7 Å². The quantitative estimate of drug-likeness (QED) is 0.277. The second-order valence-electron chi connectivity index (χ2n) is 3.87. The van der Waals surface area contributed by atoms with Crippen molar-refractivity contribution in [3.8, 4) is 0 Å². The Morgan fingerprint density at radius 3 is 1.61 bits per heavy atom. The molecule has 0 aromatic heterocycles. The van der Waals surface area contributed by atoms with Gasteiger partial charge in [-0.2, -0.15) is 43.2 Å². The largest absolute Gasteiger partial charge is 0.523 e. The molecule has 1 atom stereocenters.